The maximum atomic E-state index is 12.7. The molecule has 0 saturated carbocycles. The number of amides is 1. The first-order chi connectivity index (χ1) is 15.6. The van der Waals surface area contributed by atoms with Crippen molar-refractivity contribution in [2.75, 3.05) is 20.9 Å². The zero-order valence-electron chi connectivity index (χ0n) is 17.2. The topological polar surface area (TPSA) is 113 Å². The van der Waals surface area contributed by atoms with Gasteiger partial charge in [0.15, 0.2) is 0 Å². The Kier molecular flexibility index (Phi) is 6.46. The van der Waals surface area contributed by atoms with Gasteiger partial charge in [-0.15, -0.1) is 0 Å². The molecule has 1 heterocycles. The van der Waals surface area contributed by atoms with E-state index in [-0.39, 0.29) is 21.4 Å². The molecule has 4 rings (SSSR count). The highest BCUT2D eigenvalue weighted by Gasteiger charge is 2.22. The molecule has 1 fully saturated rings. The highest BCUT2D eigenvalue weighted by molar-refractivity contribution is 9.10. The summed E-state index contributed by atoms with van der Waals surface area (Å²) in [4.78, 5) is 13.5. The monoisotopic (exact) mass is 549 g/mol. The fourth-order valence-corrected chi connectivity index (χ4v) is 5.76. The van der Waals surface area contributed by atoms with Gasteiger partial charge < -0.3 is 4.90 Å². The van der Waals surface area contributed by atoms with Gasteiger partial charge in [0.2, 0.25) is 5.91 Å². The van der Waals surface area contributed by atoms with Crippen molar-refractivity contribution in [2.24, 2.45) is 0 Å². The van der Waals surface area contributed by atoms with Gasteiger partial charge in [0.05, 0.1) is 9.79 Å². The zero-order valence-corrected chi connectivity index (χ0v) is 20.5. The summed E-state index contributed by atoms with van der Waals surface area (Å²) in [5.74, 6) is 0.0217. The number of carbonyl (C=O) groups is 1. The normalized spacial score (nSPS) is 14.3. The molecule has 0 atom stereocenters. The van der Waals surface area contributed by atoms with E-state index in [1.165, 1.54) is 36.4 Å². The molecule has 0 spiro atoms. The second kappa shape index (κ2) is 9.16. The molecule has 1 amide bonds. The van der Waals surface area contributed by atoms with Crippen LogP contribution in [0.4, 0.5) is 17.1 Å². The summed E-state index contributed by atoms with van der Waals surface area (Å²) in [6.07, 6.45) is 1.27. The summed E-state index contributed by atoms with van der Waals surface area (Å²) in [5.41, 5.74) is 1.28. The fourth-order valence-electron chi connectivity index (χ4n) is 3.37. The van der Waals surface area contributed by atoms with Crippen molar-refractivity contribution in [3.8, 4) is 0 Å². The standard InChI is InChI=1S/C22H20BrN3O5S2/c23-16-3-5-17(6-4-16)24-32(28,29)20-11-7-18(8-12-20)25-33(30,31)21-13-9-19(10-14-21)26-15-1-2-22(26)27/h3-14,24-25H,1-2,15H2. The summed E-state index contributed by atoms with van der Waals surface area (Å²) in [7, 11) is -7.72. The lowest BCUT2D eigenvalue weighted by Crippen LogP contribution is -2.23. The van der Waals surface area contributed by atoms with E-state index in [0.29, 0.717) is 24.3 Å². The number of nitrogens with zero attached hydrogens (tertiary/aromatic N) is 1. The minimum atomic E-state index is -3.89. The van der Waals surface area contributed by atoms with Gasteiger partial charge in [-0.2, -0.15) is 0 Å². The van der Waals surface area contributed by atoms with E-state index in [1.54, 1.807) is 41.3 Å². The van der Waals surface area contributed by atoms with E-state index in [1.807, 2.05) is 0 Å². The third-order valence-corrected chi connectivity index (χ3v) is 8.37. The number of rotatable bonds is 7. The third-order valence-electron chi connectivity index (χ3n) is 5.05. The van der Waals surface area contributed by atoms with Crippen molar-refractivity contribution in [2.45, 2.75) is 22.6 Å². The van der Waals surface area contributed by atoms with Crippen LogP contribution in [0.3, 0.4) is 0 Å². The van der Waals surface area contributed by atoms with Crippen molar-refractivity contribution in [1.82, 2.24) is 0 Å². The molecule has 1 aliphatic heterocycles. The van der Waals surface area contributed by atoms with Crippen LogP contribution in [0.1, 0.15) is 12.8 Å². The quantitative estimate of drug-likeness (QED) is 0.459. The number of sulfonamides is 2. The van der Waals surface area contributed by atoms with E-state index < -0.39 is 20.0 Å². The average Bonchev–Trinajstić information content (AvgIpc) is 3.21. The molecule has 0 unspecified atom stereocenters. The molecule has 0 aromatic heterocycles. The largest absolute Gasteiger partial charge is 0.312 e. The maximum absolute atomic E-state index is 12.7. The number of nitrogens with one attached hydrogen (secondary N) is 2. The molecule has 0 radical (unpaired) electrons. The minimum absolute atomic E-state index is 0.00648. The lowest BCUT2D eigenvalue weighted by molar-refractivity contribution is -0.117. The lowest BCUT2D eigenvalue weighted by Gasteiger charge is -2.16. The van der Waals surface area contributed by atoms with Crippen LogP contribution >= 0.6 is 15.9 Å². The van der Waals surface area contributed by atoms with Crippen LogP contribution in [-0.4, -0.2) is 29.3 Å². The maximum Gasteiger partial charge on any atom is 0.261 e. The Morgan fingerprint density at radius 3 is 1.61 bits per heavy atom. The van der Waals surface area contributed by atoms with Crippen molar-refractivity contribution in [1.29, 1.82) is 0 Å². The molecule has 33 heavy (non-hydrogen) atoms. The van der Waals surface area contributed by atoms with Gasteiger partial charge in [-0.25, -0.2) is 16.8 Å². The van der Waals surface area contributed by atoms with Gasteiger partial charge in [-0.05, 0) is 79.2 Å². The zero-order chi connectivity index (χ0) is 23.6. The summed E-state index contributed by atoms with van der Waals surface area (Å²) in [6, 6.07) is 18.1. The number of hydrogen-bond acceptors (Lipinski definition) is 5. The Hall–Kier alpha value is -2.89. The Morgan fingerprint density at radius 2 is 1.15 bits per heavy atom. The number of anilines is 3. The molecule has 2 N–H and O–H groups in total. The predicted molar refractivity (Wildman–Crippen MR) is 130 cm³/mol. The van der Waals surface area contributed by atoms with E-state index in [9.17, 15) is 21.6 Å². The van der Waals surface area contributed by atoms with E-state index >= 15 is 0 Å². The lowest BCUT2D eigenvalue weighted by atomic mass is 10.3. The number of halogens is 1. The molecule has 3 aromatic carbocycles. The molecule has 3 aromatic rings. The molecule has 172 valence electrons. The van der Waals surface area contributed by atoms with Crippen LogP contribution in [-0.2, 0) is 24.8 Å². The minimum Gasteiger partial charge on any atom is -0.312 e. The van der Waals surface area contributed by atoms with Gasteiger partial charge in [0.1, 0.15) is 0 Å². The fraction of sp³-hybridized carbons (Fsp3) is 0.136. The van der Waals surface area contributed by atoms with Crippen LogP contribution in [0.25, 0.3) is 0 Å². The van der Waals surface area contributed by atoms with E-state index in [4.69, 9.17) is 0 Å². The molecular weight excluding hydrogens is 530 g/mol. The van der Waals surface area contributed by atoms with E-state index in [0.717, 1.165) is 10.9 Å². The first-order valence-corrected chi connectivity index (χ1v) is 13.7. The Labute approximate surface area is 200 Å². The number of hydrogen-bond donors (Lipinski definition) is 2. The summed E-state index contributed by atoms with van der Waals surface area (Å²) in [6.45, 7) is 0.620. The molecular formula is C22H20BrN3O5S2. The van der Waals surface area contributed by atoms with Crippen molar-refractivity contribution in [3.63, 3.8) is 0 Å². The highest BCUT2D eigenvalue weighted by Crippen LogP contribution is 2.25. The molecule has 1 saturated heterocycles. The Balaban J connectivity index is 1.46. The predicted octanol–water partition coefficient (Wildman–Crippen LogP) is 4.18. The molecule has 1 aliphatic rings. The average molecular weight is 550 g/mol. The van der Waals surface area contributed by atoms with Crippen LogP contribution < -0.4 is 14.3 Å². The van der Waals surface area contributed by atoms with Crippen LogP contribution in [0.15, 0.2) is 87.1 Å². The van der Waals surface area contributed by atoms with Crippen LogP contribution in [0, 0.1) is 0 Å². The summed E-state index contributed by atoms with van der Waals surface area (Å²) < 4.78 is 56.3. The SMILES string of the molecule is O=C1CCCN1c1ccc(S(=O)(=O)Nc2ccc(S(=O)(=O)Nc3ccc(Br)cc3)cc2)cc1. The smallest absolute Gasteiger partial charge is 0.261 e. The van der Waals surface area contributed by atoms with Gasteiger partial charge in [-0.3, -0.25) is 14.2 Å². The van der Waals surface area contributed by atoms with Crippen molar-refractivity contribution < 1.29 is 21.6 Å². The van der Waals surface area contributed by atoms with Crippen LogP contribution in [0.2, 0.25) is 0 Å². The van der Waals surface area contributed by atoms with Crippen LogP contribution in [0.5, 0.6) is 0 Å². The van der Waals surface area contributed by atoms with Crippen molar-refractivity contribution >= 4 is 58.9 Å². The first-order valence-electron chi connectivity index (χ1n) is 9.96. The first kappa shape index (κ1) is 23.3. The van der Waals surface area contributed by atoms with E-state index in [2.05, 4.69) is 25.4 Å². The van der Waals surface area contributed by atoms with Gasteiger partial charge in [-0.1, -0.05) is 15.9 Å². The highest BCUT2D eigenvalue weighted by atomic mass is 79.9. The van der Waals surface area contributed by atoms with Gasteiger partial charge in [0, 0.05) is 34.5 Å². The second-order valence-electron chi connectivity index (χ2n) is 7.39. The molecule has 11 heteroatoms. The third kappa shape index (κ3) is 5.37. The number of carbonyl (C=O) groups excluding carboxylic acids is 1. The second-order valence-corrected chi connectivity index (χ2v) is 11.7. The molecule has 8 nitrogen and oxygen atoms in total. The number of benzene rings is 3. The Bertz CT molecular complexity index is 1370. The summed E-state index contributed by atoms with van der Waals surface area (Å²) in [5, 5.41) is 0. The Morgan fingerprint density at radius 1 is 0.697 bits per heavy atom. The molecule has 0 aliphatic carbocycles. The summed E-state index contributed by atoms with van der Waals surface area (Å²) >= 11 is 3.29. The van der Waals surface area contributed by atoms with Gasteiger partial charge >= 0.3 is 0 Å². The van der Waals surface area contributed by atoms with Gasteiger partial charge in [0.25, 0.3) is 20.0 Å². The van der Waals surface area contributed by atoms with Crippen molar-refractivity contribution in [3.05, 3.63) is 77.3 Å². The molecule has 0 bridgehead atoms.